The number of nitrogens with two attached hydrogens (primary N) is 2. The molecule has 1 unspecified atom stereocenters. The van der Waals surface area contributed by atoms with Crippen LogP contribution in [0.25, 0.3) is 33.0 Å². The molecule has 0 saturated carbocycles. The quantitative estimate of drug-likeness (QED) is 0.207. The van der Waals surface area contributed by atoms with Crippen molar-refractivity contribution in [2.45, 2.75) is 19.9 Å². The summed E-state index contributed by atoms with van der Waals surface area (Å²) in [6.07, 6.45) is 0. The number of aliphatic carboxylic acids is 2. The highest BCUT2D eigenvalue weighted by Crippen LogP contribution is 2.44. The van der Waals surface area contributed by atoms with Crippen molar-refractivity contribution in [1.82, 2.24) is 25.7 Å². The molecule has 3 aliphatic rings. The van der Waals surface area contributed by atoms with Gasteiger partial charge in [-0.1, -0.05) is 12.1 Å². The molecule has 2 aromatic heterocycles. The summed E-state index contributed by atoms with van der Waals surface area (Å²) in [4.78, 5) is 62.5. The Balaban J connectivity index is 1.70. The number of nitrogens with zero attached hydrogens (tertiary/aromatic N) is 3. The fourth-order valence-corrected chi connectivity index (χ4v) is 6.11. The molecular weight excluding hydrogens is 542 g/mol. The zero-order valence-electron chi connectivity index (χ0n) is 22.1. The van der Waals surface area contributed by atoms with E-state index < -0.39 is 35.5 Å². The number of benzene rings is 2. The zero-order valence-corrected chi connectivity index (χ0v) is 22.1. The number of nitrogens with one attached hydrogen (secondary N) is 2. The molecule has 208 valence electrons. The molecule has 4 aromatic rings. The Morgan fingerprint density at radius 1 is 0.857 bits per heavy atom. The number of allylic oxidation sites excluding steroid dienone is 1. The van der Waals surface area contributed by atoms with E-state index in [2.05, 4.69) is 20.7 Å². The standard InChI is InChI=1S/C29H21N7O6/c1-9-17-21(30)13-7-11(3-5-15(13)32-9)19-23(34-26(17)37)20-12-4-6-16-14(8-12)22(31)18(10(2)33-16)27(38)35-36(24(19)28(39)40)25(20)29(41)42/h3-8,25H,1-2H3,(H2,30,32)(H2,31,33)(H,34,37)(H,35,38)(H,39,40)(H,41,42). The van der Waals surface area contributed by atoms with Crippen LogP contribution in [0.2, 0.25) is 0 Å². The van der Waals surface area contributed by atoms with Gasteiger partial charge in [-0.3, -0.25) is 30.0 Å². The summed E-state index contributed by atoms with van der Waals surface area (Å²) in [6.45, 7) is 3.20. The zero-order chi connectivity index (χ0) is 29.8. The number of hydrazine groups is 1. The maximum absolute atomic E-state index is 13.8. The Labute approximate surface area is 236 Å². The molecule has 7 rings (SSSR count). The third-order valence-electron chi connectivity index (χ3n) is 7.89. The van der Waals surface area contributed by atoms with Crippen LogP contribution in [0.5, 0.6) is 0 Å². The largest absolute Gasteiger partial charge is 0.479 e. The number of hydrogen-bond donors (Lipinski definition) is 6. The van der Waals surface area contributed by atoms with Gasteiger partial charge in [-0.15, -0.1) is 0 Å². The molecule has 2 aromatic carbocycles. The number of amides is 2. The molecule has 1 atom stereocenters. The van der Waals surface area contributed by atoms with Gasteiger partial charge < -0.3 is 27.0 Å². The first-order chi connectivity index (χ1) is 20.0. The average Bonchev–Trinajstić information content (AvgIpc) is 2.92. The van der Waals surface area contributed by atoms with Gasteiger partial charge in [0.2, 0.25) is 0 Å². The van der Waals surface area contributed by atoms with Crippen molar-refractivity contribution in [3.05, 3.63) is 81.4 Å². The van der Waals surface area contributed by atoms with E-state index >= 15 is 0 Å². The van der Waals surface area contributed by atoms with Crippen LogP contribution < -0.4 is 22.2 Å². The van der Waals surface area contributed by atoms with E-state index in [1.807, 2.05) is 0 Å². The lowest BCUT2D eigenvalue weighted by molar-refractivity contribution is -0.142. The number of carboxylic acid groups (broad SMARTS) is 2. The molecule has 0 saturated heterocycles. The number of aryl methyl sites for hydroxylation is 2. The molecule has 5 heterocycles. The summed E-state index contributed by atoms with van der Waals surface area (Å²) in [7, 11) is 0. The highest BCUT2D eigenvalue weighted by Gasteiger charge is 2.46. The topological polar surface area (TPSA) is 214 Å². The van der Waals surface area contributed by atoms with Gasteiger partial charge in [-0.25, -0.2) is 9.59 Å². The number of rotatable bonds is 2. The number of nitrogen functional groups attached to an aromatic ring is 2. The highest BCUT2D eigenvalue weighted by molar-refractivity contribution is 6.17. The lowest BCUT2D eigenvalue weighted by Gasteiger charge is -2.40. The van der Waals surface area contributed by atoms with Gasteiger partial charge >= 0.3 is 11.9 Å². The lowest BCUT2D eigenvalue weighted by Crippen LogP contribution is -2.56. The lowest BCUT2D eigenvalue weighted by atomic mass is 9.84. The molecular formula is C29H21N7O6. The molecule has 13 heteroatoms. The number of carbonyl (C=O) groups excluding carboxylic acids is 2. The van der Waals surface area contributed by atoms with Gasteiger partial charge in [0.25, 0.3) is 11.8 Å². The second kappa shape index (κ2) is 8.27. The molecule has 13 nitrogen and oxygen atoms in total. The monoisotopic (exact) mass is 563 g/mol. The first-order valence-corrected chi connectivity index (χ1v) is 12.7. The Morgan fingerprint density at radius 3 is 1.98 bits per heavy atom. The van der Waals surface area contributed by atoms with E-state index in [9.17, 15) is 29.4 Å². The van der Waals surface area contributed by atoms with E-state index in [-0.39, 0.29) is 45.0 Å². The summed E-state index contributed by atoms with van der Waals surface area (Å²) in [5.41, 5.74) is 17.1. The van der Waals surface area contributed by atoms with E-state index in [0.29, 0.717) is 38.6 Å². The van der Waals surface area contributed by atoms with Crippen LogP contribution >= 0.6 is 0 Å². The predicted molar refractivity (Wildman–Crippen MR) is 151 cm³/mol. The van der Waals surface area contributed by atoms with Crippen LogP contribution in [0.15, 0.2) is 47.8 Å². The van der Waals surface area contributed by atoms with Gasteiger partial charge in [0.15, 0.2) is 11.7 Å². The minimum absolute atomic E-state index is 0.0146. The third kappa shape index (κ3) is 3.18. The van der Waals surface area contributed by atoms with Crippen molar-refractivity contribution < 1.29 is 29.4 Å². The van der Waals surface area contributed by atoms with Crippen LogP contribution in [-0.4, -0.2) is 55.0 Å². The van der Waals surface area contributed by atoms with Gasteiger partial charge in [0, 0.05) is 21.9 Å². The maximum Gasteiger partial charge on any atom is 0.354 e. The number of aromatic nitrogens is 2. The molecule has 2 amide bonds. The Morgan fingerprint density at radius 2 is 1.40 bits per heavy atom. The van der Waals surface area contributed by atoms with Crippen LogP contribution in [0.1, 0.15) is 43.2 Å². The molecule has 3 aliphatic heterocycles. The molecule has 0 radical (unpaired) electrons. The fourth-order valence-electron chi connectivity index (χ4n) is 6.11. The predicted octanol–water partition coefficient (Wildman–Crippen LogP) is 1.94. The minimum atomic E-state index is -1.78. The molecule has 0 fully saturated rings. The maximum atomic E-state index is 13.8. The van der Waals surface area contributed by atoms with Gasteiger partial charge in [0.1, 0.15) is 0 Å². The summed E-state index contributed by atoms with van der Waals surface area (Å²) in [5.74, 6) is -4.59. The van der Waals surface area contributed by atoms with Crippen molar-refractivity contribution in [2.75, 3.05) is 11.5 Å². The summed E-state index contributed by atoms with van der Waals surface area (Å²) >= 11 is 0. The Bertz CT molecular complexity index is 2100. The van der Waals surface area contributed by atoms with Crippen LogP contribution in [0, 0.1) is 13.8 Å². The van der Waals surface area contributed by atoms with Crippen molar-refractivity contribution in [2.24, 2.45) is 0 Å². The average molecular weight is 564 g/mol. The first kappa shape index (κ1) is 25.0. The second-order valence-electron chi connectivity index (χ2n) is 10.3. The SMILES string of the molecule is Cc1nc2ccc3cc2c(N)c1C(=O)NC1=C2c4ccc5nc(C)c(c(N)c5c4)C(=O)NN(C(C(=O)O)=C13)C2C(=O)O. The van der Waals surface area contributed by atoms with E-state index in [0.717, 1.165) is 5.01 Å². The van der Waals surface area contributed by atoms with Crippen molar-refractivity contribution in [1.29, 1.82) is 0 Å². The van der Waals surface area contributed by atoms with Crippen LogP contribution in [0.4, 0.5) is 11.4 Å². The molecule has 42 heavy (non-hydrogen) atoms. The van der Waals surface area contributed by atoms with Crippen LogP contribution in [0.3, 0.4) is 0 Å². The minimum Gasteiger partial charge on any atom is -0.479 e. The highest BCUT2D eigenvalue weighted by atomic mass is 16.4. The normalized spacial score (nSPS) is 17.4. The second-order valence-corrected chi connectivity index (χ2v) is 10.3. The number of anilines is 2. The van der Waals surface area contributed by atoms with Gasteiger partial charge in [0.05, 0.1) is 50.6 Å². The van der Waals surface area contributed by atoms with E-state index in [1.54, 1.807) is 50.2 Å². The first-order valence-electron chi connectivity index (χ1n) is 12.7. The number of pyridine rings is 2. The van der Waals surface area contributed by atoms with Gasteiger partial charge in [-0.05, 0) is 49.2 Å². The van der Waals surface area contributed by atoms with E-state index in [4.69, 9.17) is 11.5 Å². The Kier molecular flexibility index (Phi) is 4.92. The molecule has 0 aliphatic carbocycles. The summed E-state index contributed by atoms with van der Waals surface area (Å²) in [6, 6.07) is 7.89. The van der Waals surface area contributed by atoms with Crippen molar-refractivity contribution >= 4 is 68.1 Å². The summed E-state index contributed by atoms with van der Waals surface area (Å²) < 4.78 is 0. The Hall–Kier alpha value is -5.98. The van der Waals surface area contributed by atoms with Gasteiger partial charge in [-0.2, -0.15) is 0 Å². The molecule has 0 spiro atoms. The summed E-state index contributed by atoms with van der Waals surface area (Å²) in [5, 5.41) is 25.5. The van der Waals surface area contributed by atoms with Crippen molar-refractivity contribution in [3.63, 3.8) is 0 Å². The van der Waals surface area contributed by atoms with Crippen LogP contribution in [-0.2, 0) is 9.59 Å². The van der Waals surface area contributed by atoms with E-state index in [1.165, 1.54) is 0 Å². The number of carboxylic acids is 2. The third-order valence-corrected chi connectivity index (χ3v) is 7.89. The number of carbonyl (C=O) groups is 4. The fraction of sp³-hybridized carbons (Fsp3) is 0.103. The molecule has 8 bridgehead atoms. The molecule has 8 N–H and O–H groups in total. The smallest absolute Gasteiger partial charge is 0.354 e. The van der Waals surface area contributed by atoms with Crippen molar-refractivity contribution in [3.8, 4) is 0 Å². The number of hydrogen-bond acceptors (Lipinski definition) is 9. The number of fused-ring (bicyclic) bond motifs is 9.